The molecule has 0 bridgehead atoms. The third kappa shape index (κ3) is 4.43. The highest BCUT2D eigenvalue weighted by molar-refractivity contribution is 7.13. The van der Waals surface area contributed by atoms with Gasteiger partial charge in [-0.2, -0.15) is 0 Å². The summed E-state index contributed by atoms with van der Waals surface area (Å²) in [6, 6.07) is 7.86. The number of hydrogen-bond acceptors (Lipinski definition) is 4. The van der Waals surface area contributed by atoms with Crippen LogP contribution in [0.5, 0.6) is 0 Å². The number of rotatable bonds is 6. The molecule has 1 aliphatic heterocycles. The van der Waals surface area contributed by atoms with E-state index >= 15 is 0 Å². The van der Waals surface area contributed by atoms with Crippen LogP contribution < -0.4 is 5.32 Å². The minimum atomic E-state index is -0.340. The van der Waals surface area contributed by atoms with Gasteiger partial charge in [0.1, 0.15) is 6.04 Å². The van der Waals surface area contributed by atoms with Crippen LogP contribution in [0, 0.1) is 18.8 Å². The molecule has 2 unspecified atom stereocenters. The largest absolute Gasteiger partial charge is 0.350 e. The number of benzene rings is 1. The molecule has 1 N–H and O–H groups in total. The van der Waals surface area contributed by atoms with E-state index < -0.39 is 0 Å². The molecule has 0 spiro atoms. The normalized spacial score (nSPS) is 17.8. The van der Waals surface area contributed by atoms with Crippen LogP contribution in [0.3, 0.4) is 0 Å². The van der Waals surface area contributed by atoms with E-state index in [1.54, 1.807) is 16.2 Å². The zero-order valence-electron chi connectivity index (χ0n) is 17.1. The van der Waals surface area contributed by atoms with Crippen molar-refractivity contribution < 1.29 is 9.59 Å². The van der Waals surface area contributed by atoms with E-state index in [1.165, 1.54) is 4.88 Å². The van der Waals surface area contributed by atoms with Crippen molar-refractivity contribution in [1.82, 2.24) is 15.2 Å². The number of hydrogen-bond donors (Lipinski definition) is 1. The Bertz CT molecular complexity index is 829. The molecule has 2 amide bonds. The molecule has 28 heavy (non-hydrogen) atoms. The second kappa shape index (κ2) is 8.86. The van der Waals surface area contributed by atoms with E-state index in [1.807, 2.05) is 45.3 Å². The predicted octanol–water partition coefficient (Wildman–Crippen LogP) is 4.02. The van der Waals surface area contributed by atoms with Gasteiger partial charge in [0.25, 0.3) is 0 Å². The van der Waals surface area contributed by atoms with Crippen molar-refractivity contribution in [3.05, 3.63) is 41.0 Å². The lowest BCUT2D eigenvalue weighted by molar-refractivity contribution is -0.142. The average Bonchev–Trinajstić information content (AvgIpc) is 3.34. The molecule has 0 radical (unpaired) electrons. The summed E-state index contributed by atoms with van der Waals surface area (Å²) in [5, 5.41) is 3.02. The van der Waals surface area contributed by atoms with Crippen LogP contribution in [-0.4, -0.2) is 34.3 Å². The Morgan fingerprint density at radius 3 is 2.57 bits per heavy atom. The fourth-order valence-corrected chi connectivity index (χ4v) is 4.32. The number of likely N-dealkylation sites (tertiary alicyclic amines) is 1. The first-order chi connectivity index (χ1) is 13.4. The monoisotopic (exact) mass is 399 g/mol. The van der Waals surface area contributed by atoms with Crippen molar-refractivity contribution in [2.75, 3.05) is 6.54 Å². The van der Waals surface area contributed by atoms with Gasteiger partial charge in [0.05, 0.1) is 16.1 Å². The topological polar surface area (TPSA) is 62.3 Å². The summed E-state index contributed by atoms with van der Waals surface area (Å²) in [4.78, 5) is 32.6. The summed E-state index contributed by atoms with van der Waals surface area (Å²) in [6.07, 6.45) is 1.63. The second-order valence-electron chi connectivity index (χ2n) is 7.90. The number of carbonyl (C=O) groups is 2. The Kier molecular flexibility index (Phi) is 6.50. The highest BCUT2D eigenvalue weighted by atomic mass is 32.1. The lowest BCUT2D eigenvalue weighted by atomic mass is 9.96. The Morgan fingerprint density at radius 2 is 1.96 bits per heavy atom. The van der Waals surface area contributed by atoms with E-state index in [0.717, 1.165) is 29.7 Å². The number of carbonyl (C=O) groups excluding carboxylic acids is 2. The zero-order valence-corrected chi connectivity index (χ0v) is 17.9. The minimum Gasteiger partial charge on any atom is -0.350 e. The molecule has 1 saturated heterocycles. The molecular weight excluding hydrogens is 370 g/mol. The number of aromatic nitrogens is 1. The van der Waals surface area contributed by atoms with Crippen molar-refractivity contribution in [2.24, 2.45) is 11.8 Å². The lowest BCUT2D eigenvalue weighted by Crippen LogP contribution is -2.48. The fraction of sp³-hybridized carbons (Fsp3) is 0.500. The number of nitrogens with zero attached hydrogens (tertiary/aromatic N) is 2. The van der Waals surface area contributed by atoms with Gasteiger partial charge in [0.2, 0.25) is 11.8 Å². The molecule has 5 nitrogen and oxygen atoms in total. The van der Waals surface area contributed by atoms with Crippen LogP contribution in [0.1, 0.15) is 44.9 Å². The average molecular weight is 400 g/mol. The van der Waals surface area contributed by atoms with Crippen LogP contribution in [0.4, 0.5) is 0 Å². The fourth-order valence-electron chi connectivity index (χ4n) is 3.51. The number of thiazole rings is 1. The molecule has 150 valence electrons. The first kappa shape index (κ1) is 20.5. The first-order valence-corrected chi connectivity index (χ1v) is 10.8. The Balaban J connectivity index is 1.59. The summed E-state index contributed by atoms with van der Waals surface area (Å²) < 4.78 is 0. The SMILES string of the molecule is Cc1ncsc1-c1ccc(CNC(=O)C2CCCN2C(=O)C(C)C(C)C)cc1. The molecule has 3 rings (SSSR count). The van der Waals surface area contributed by atoms with Gasteiger partial charge < -0.3 is 10.2 Å². The summed E-state index contributed by atoms with van der Waals surface area (Å²) in [7, 11) is 0. The number of aryl methyl sites for hydroxylation is 1. The maximum Gasteiger partial charge on any atom is 0.243 e. The van der Waals surface area contributed by atoms with Crippen LogP contribution in [-0.2, 0) is 16.1 Å². The van der Waals surface area contributed by atoms with E-state index in [4.69, 9.17) is 0 Å². The van der Waals surface area contributed by atoms with Crippen molar-refractivity contribution in [2.45, 2.75) is 53.1 Å². The van der Waals surface area contributed by atoms with Gasteiger partial charge in [0.15, 0.2) is 0 Å². The lowest BCUT2D eigenvalue weighted by Gasteiger charge is -2.28. The summed E-state index contributed by atoms with van der Waals surface area (Å²) in [5.74, 6) is 0.259. The molecule has 2 aromatic rings. The molecule has 1 fully saturated rings. The maximum absolute atomic E-state index is 12.7. The Hall–Kier alpha value is -2.21. The summed E-state index contributed by atoms with van der Waals surface area (Å²) in [6.45, 7) is 9.20. The third-order valence-corrected chi connectivity index (χ3v) is 6.63. The van der Waals surface area contributed by atoms with Gasteiger partial charge >= 0.3 is 0 Å². The molecule has 1 aromatic carbocycles. The van der Waals surface area contributed by atoms with E-state index in [2.05, 4.69) is 22.4 Å². The van der Waals surface area contributed by atoms with E-state index in [0.29, 0.717) is 13.1 Å². The molecule has 1 aliphatic rings. The van der Waals surface area contributed by atoms with Crippen molar-refractivity contribution >= 4 is 23.2 Å². The van der Waals surface area contributed by atoms with Gasteiger partial charge in [-0.15, -0.1) is 11.3 Å². The van der Waals surface area contributed by atoms with Gasteiger partial charge in [-0.05, 0) is 36.8 Å². The minimum absolute atomic E-state index is 0.0517. The van der Waals surface area contributed by atoms with E-state index in [-0.39, 0.29) is 29.7 Å². The van der Waals surface area contributed by atoms with Crippen LogP contribution in [0.2, 0.25) is 0 Å². The summed E-state index contributed by atoms with van der Waals surface area (Å²) >= 11 is 1.63. The third-order valence-electron chi connectivity index (χ3n) is 5.66. The van der Waals surface area contributed by atoms with Crippen LogP contribution in [0.15, 0.2) is 29.8 Å². The highest BCUT2D eigenvalue weighted by Crippen LogP contribution is 2.27. The Labute approximate surface area is 171 Å². The van der Waals surface area contributed by atoms with Crippen molar-refractivity contribution in [3.8, 4) is 10.4 Å². The number of amides is 2. The first-order valence-electron chi connectivity index (χ1n) is 9.96. The molecule has 2 atom stereocenters. The second-order valence-corrected chi connectivity index (χ2v) is 8.76. The Morgan fingerprint density at radius 1 is 1.25 bits per heavy atom. The number of nitrogens with one attached hydrogen (secondary N) is 1. The van der Waals surface area contributed by atoms with Crippen LogP contribution in [0.25, 0.3) is 10.4 Å². The zero-order chi connectivity index (χ0) is 20.3. The van der Waals surface area contributed by atoms with Gasteiger partial charge in [-0.25, -0.2) is 4.98 Å². The quantitative estimate of drug-likeness (QED) is 0.798. The van der Waals surface area contributed by atoms with Gasteiger partial charge in [-0.1, -0.05) is 45.0 Å². The summed E-state index contributed by atoms with van der Waals surface area (Å²) in [5.41, 5.74) is 5.08. The molecular formula is C22H29N3O2S. The standard InChI is InChI=1S/C22H29N3O2S/c1-14(2)15(3)22(27)25-11-5-6-19(25)21(26)23-12-17-7-9-18(10-8-17)20-16(4)24-13-28-20/h7-10,13-15,19H,5-6,11-12H2,1-4H3,(H,23,26). The van der Waals surface area contributed by atoms with Gasteiger partial charge in [0, 0.05) is 19.0 Å². The van der Waals surface area contributed by atoms with E-state index in [9.17, 15) is 9.59 Å². The van der Waals surface area contributed by atoms with Crippen molar-refractivity contribution in [1.29, 1.82) is 0 Å². The molecule has 2 heterocycles. The smallest absolute Gasteiger partial charge is 0.243 e. The molecule has 6 heteroatoms. The van der Waals surface area contributed by atoms with Gasteiger partial charge in [-0.3, -0.25) is 9.59 Å². The van der Waals surface area contributed by atoms with Crippen LogP contribution >= 0.6 is 11.3 Å². The molecule has 0 aliphatic carbocycles. The predicted molar refractivity (Wildman–Crippen MR) is 113 cm³/mol. The van der Waals surface area contributed by atoms with Crippen molar-refractivity contribution in [3.63, 3.8) is 0 Å². The molecule has 0 saturated carbocycles. The highest BCUT2D eigenvalue weighted by Gasteiger charge is 2.36. The maximum atomic E-state index is 12.7. The molecule has 1 aromatic heterocycles.